The number of thioether (sulfide) groups is 1. The highest BCUT2D eigenvalue weighted by atomic mass is 35.5. The Bertz CT molecular complexity index is 1230. The molecule has 31 heavy (non-hydrogen) atoms. The number of aromatic nitrogens is 3. The fourth-order valence-electron chi connectivity index (χ4n) is 3.21. The van der Waals surface area contributed by atoms with E-state index in [-0.39, 0.29) is 5.91 Å². The maximum absolute atomic E-state index is 12.5. The first-order chi connectivity index (χ1) is 14.9. The van der Waals surface area contributed by atoms with Crippen molar-refractivity contribution in [2.75, 3.05) is 4.90 Å². The summed E-state index contributed by atoms with van der Waals surface area (Å²) in [6, 6.07) is 13.6. The molecule has 0 saturated carbocycles. The zero-order valence-electron chi connectivity index (χ0n) is 17.4. The molecule has 0 N–H and O–H groups in total. The normalized spacial score (nSPS) is 11.0. The van der Waals surface area contributed by atoms with Crippen molar-refractivity contribution >= 4 is 51.4 Å². The van der Waals surface area contributed by atoms with Crippen molar-refractivity contribution in [2.45, 2.75) is 31.7 Å². The Balaban J connectivity index is 1.54. The van der Waals surface area contributed by atoms with Gasteiger partial charge in [0.1, 0.15) is 0 Å². The highest BCUT2D eigenvalue weighted by Gasteiger charge is 2.20. The largest absolute Gasteiger partial charge is 0.295 e. The first-order valence-corrected chi connectivity index (χ1v) is 11.9. The Kier molecular flexibility index (Phi) is 6.46. The van der Waals surface area contributed by atoms with Crippen molar-refractivity contribution in [3.8, 4) is 5.69 Å². The molecular weight excluding hydrogens is 448 g/mol. The third kappa shape index (κ3) is 4.69. The molecule has 0 atom stereocenters. The predicted molar refractivity (Wildman–Crippen MR) is 129 cm³/mol. The van der Waals surface area contributed by atoms with Gasteiger partial charge in [-0.15, -0.1) is 11.3 Å². The number of nitrogens with zero attached hydrogens (tertiary/aromatic N) is 4. The highest BCUT2D eigenvalue weighted by Crippen LogP contribution is 2.34. The molecule has 0 saturated heterocycles. The van der Waals surface area contributed by atoms with E-state index in [9.17, 15) is 4.79 Å². The molecule has 2 heterocycles. The van der Waals surface area contributed by atoms with E-state index in [4.69, 9.17) is 16.6 Å². The fourth-order valence-corrected chi connectivity index (χ4v) is 5.24. The fraction of sp³-hybridized carbons (Fsp3) is 0.174. The zero-order chi connectivity index (χ0) is 22.0. The minimum absolute atomic E-state index is 0.0567. The summed E-state index contributed by atoms with van der Waals surface area (Å²) in [6.07, 6.45) is 3.69. The van der Waals surface area contributed by atoms with E-state index in [0.29, 0.717) is 15.9 Å². The Labute approximate surface area is 194 Å². The Hall–Kier alpha value is -2.61. The number of hydrogen-bond donors (Lipinski definition) is 0. The summed E-state index contributed by atoms with van der Waals surface area (Å²) in [6.45, 7) is 5.64. The summed E-state index contributed by atoms with van der Waals surface area (Å²) in [7, 11) is 0. The molecule has 1 amide bonds. The molecule has 0 aliphatic rings. The minimum Gasteiger partial charge on any atom is -0.295 e. The molecular formula is C23H21ClN4OS2. The van der Waals surface area contributed by atoms with Crippen molar-refractivity contribution in [1.29, 1.82) is 0 Å². The van der Waals surface area contributed by atoms with Crippen LogP contribution in [0.15, 0.2) is 65.4 Å². The van der Waals surface area contributed by atoms with Crippen molar-refractivity contribution in [1.82, 2.24) is 14.5 Å². The van der Waals surface area contributed by atoms with Crippen LogP contribution in [0.1, 0.15) is 23.7 Å². The molecule has 0 radical (unpaired) electrons. The molecule has 0 bridgehead atoms. The van der Waals surface area contributed by atoms with Crippen molar-refractivity contribution < 1.29 is 4.79 Å². The first kappa shape index (κ1) is 21.6. The third-order valence-electron chi connectivity index (χ3n) is 4.91. The average Bonchev–Trinajstić information content (AvgIpc) is 3.39. The molecule has 4 rings (SSSR count). The van der Waals surface area contributed by atoms with E-state index in [1.807, 2.05) is 72.5 Å². The second-order valence-corrected chi connectivity index (χ2v) is 9.26. The molecule has 0 aliphatic heterocycles. The van der Waals surface area contributed by atoms with Crippen molar-refractivity contribution in [3.63, 3.8) is 0 Å². The Morgan fingerprint density at radius 2 is 2.03 bits per heavy atom. The van der Waals surface area contributed by atoms with Gasteiger partial charge in [-0.1, -0.05) is 41.6 Å². The quantitative estimate of drug-likeness (QED) is 0.300. The van der Waals surface area contributed by atoms with Gasteiger partial charge in [-0.3, -0.25) is 14.3 Å². The number of imidazole rings is 1. The van der Waals surface area contributed by atoms with Crippen LogP contribution < -0.4 is 4.90 Å². The summed E-state index contributed by atoms with van der Waals surface area (Å²) in [5.74, 6) is 0.589. The number of rotatable bonds is 6. The van der Waals surface area contributed by atoms with E-state index in [1.165, 1.54) is 11.3 Å². The number of anilines is 2. The van der Waals surface area contributed by atoms with Gasteiger partial charge in [0.2, 0.25) is 5.91 Å². The second kappa shape index (κ2) is 9.26. The lowest BCUT2D eigenvalue weighted by Crippen LogP contribution is -2.23. The van der Waals surface area contributed by atoms with Crippen LogP contribution in [-0.4, -0.2) is 20.4 Å². The molecule has 0 spiro atoms. The van der Waals surface area contributed by atoms with E-state index in [2.05, 4.69) is 4.98 Å². The number of aryl methyl sites for hydroxylation is 1. The molecule has 158 valence electrons. The molecule has 8 heteroatoms. The van der Waals surface area contributed by atoms with Gasteiger partial charge in [0.15, 0.2) is 10.3 Å². The molecule has 5 nitrogen and oxygen atoms in total. The van der Waals surface area contributed by atoms with Crippen LogP contribution in [0, 0.1) is 13.8 Å². The average molecular weight is 469 g/mol. The molecule has 0 fully saturated rings. The lowest BCUT2D eigenvalue weighted by molar-refractivity contribution is -0.115. The Morgan fingerprint density at radius 1 is 1.23 bits per heavy atom. The van der Waals surface area contributed by atoms with Crippen molar-refractivity contribution in [3.05, 3.63) is 82.1 Å². The number of carbonyl (C=O) groups excluding carboxylic acids is 1. The highest BCUT2D eigenvalue weighted by molar-refractivity contribution is 7.98. The van der Waals surface area contributed by atoms with Crippen LogP contribution in [0.25, 0.3) is 5.69 Å². The molecule has 2 aromatic heterocycles. The van der Waals surface area contributed by atoms with E-state index in [0.717, 1.165) is 33.4 Å². The topological polar surface area (TPSA) is 51.0 Å². The summed E-state index contributed by atoms with van der Waals surface area (Å²) >= 11 is 9.20. The SMILES string of the molecule is CC(=O)N(c1nc(CSc2nccn2-c2cccc(Cl)c2)cs1)c1cccc(C)c1C. The number of benzene rings is 2. The van der Waals surface area contributed by atoms with Gasteiger partial charge in [0.05, 0.1) is 11.4 Å². The third-order valence-corrected chi connectivity index (χ3v) is 7.02. The maximum Gasteiger partial charge on any atom is 0.230 e. The summed E-state index contributed by atoms with van der Waals surface area (Å²) in [5, 5.41) is 4.21. The van der Waals surface area contributed by atoms with Crippen LogP contribution >= 0.6 is 34.7 Å². The monoisotopic (exact) mass is 468 g/mol. The second-order valence-electron chi connectivity index (χ2n) is 7.04. The smallest absolute Gasteiger partial charge is 0.230 e. The lowest BCUT2D eigenvalue weighted by atomic mass is 10.1. The van der Waals surface area contributed by atoms with Gasteiger partial charge in [-0.2, -0.15) is 0 Å². The minimum atomic E-state index is -0.0567. The number of halogens is 1. The number of thiazole rings is 1. The Morgan fingerprint density at radius 3 is 2.81 bits per heavy atom. The summed E-state index contributed by atoms with van der Waals surface area (Å²) in [4.78, 5) is 23.4. The van der Waals surface area contributed by atoms with Gasteiger partial charge in [0.25, 0.3) is 0 Å². The first-order valence-electron chi connectivity index (χ1n) is 9.67. The molecule has 2 aromatic carbocycles. The van der Waals surface area contributed by atoms with E-state index >= 15 is 0 Å². The molecule has 0 aliphatic carbocycles. The van der Waals surface area contributed by atoms with Gasteiger partial charge < -0.3 is 0 Å². The van der Waals surface area contributed by atoms with Gasteiger partial charge in [0, 0.05) is 41.2 Å². The summed E-state index contributed by atoms with van der Waals surface area (Å²) < 4.78 is 2.00. The molecule has 0 unspecified atom stereocenters. The lowest BCUT2D eigenvalue weighted by Gasteiger charge is -2.21. The van der Waals surface area contributed by atoms with Gasteiger partial charge in [-0.25, -0.2) is 9.97 Å². The summed E-state index contributed by atoms with van der Waals surface area (Å²) in [5.41, 5.74) is 4.96. The van der Waals surface area contributed by atoms with Crippen molar-refractivity contribution in [2.24, 2.45) is 0 Å². The van der Waals surface area contributed by atoms with Crippen LogP contribution in [-0.2, 0) is 10.5 Å². The van der Waals surface area contributed by atoms with Crippen LogP contribution in [0.2, 0.25) is 5.02 Å². The van der Waals surface area contributed by atoms with E-state index < -0.39 is 0 Å². The number of amides is 1. The predicted octanol–water partition coefficient (Wildman–Crippen LogP) is 6.58. The van der Waals surface area contributed by atoms with Crippen LogP contribution in [0.5, 0.6) is 0 Å². The number of carbonyl (C=O) groups is 1. The van der Waals surface area contributed by atoms with Gasteiger partial charge >= 0.3 is 0 Å². The van der Waals surface area contributed by atoms with Gasteiger partial charge in [-0.05, 0) is 49.2 Å². The molecule has 4 aromatic rings. The number of hydrogen-bond acceptors (Lipinski definition) is 5. The zero-order valence-corrected chi connectivity index (χ0v) is 19.8. The van der Waals surface area contributed by atoms with Crippen LogP contribution in [0.3, 0.4) is 0 Å². The van der Waals surface area contributed by atoms with E-state index in [1.54, 1.807) is 29.8 Å². The standard InChI is InChI=1S/C23H21ClN4OS2/c1-15-6-4-9-21(16(15)2)28(17(3)29)23-26-19(14-31-23)13-30-22-25-10-11-27(22)20-8-5-7-18(24)12-20/h4-12,14H,13H2,1-3H3. The maximum atomic E-state index is 12.5. The van der Waals surface area contributed by atoms with Crippen LogP contribution in [0.4, 0.5) is 10.8 Å².